The molecule has 1 N–H and O–H groups in total. The summed E-state index contributed by atoms with van der Waals surface area (Å²) in [6.07, 6.45) is 1.82. The molecule has 1 atom stereocenters. The van der Waals surface area contributed by atoms with Crippen molar-refractivity contribution in [2.24, 2.45) is 0 Å². The van der Waals surface area contributed by atoms with Crippen molar-refractivity contribution < 1.29 is 23.8 Å². The SMILES string of the molecule is CCc1nc(C(=O)N2CCOc3ccccc3C2C(=O)O)co1. The second-order valence-electron chi connectivity index (χ2n) is 5.11. The molecular weight excluding hydrogens is 300 g/mol. The minimum absolute atomic E-state index is 0.104. The van der Waals surface area contributed by atoms with E-state index in [2.05, 4.69) is 4.98 Å². The zero-order valence-corrected chi connectivity index (χ0v) is 12.6. The zero-order valence-electron chi connectivity index (χ0n) is 12.6. The molecule has 120 valence electrons. The van der Waals surface area contributed by atoms with Crippen molar-refractivity contribution in [2.75, 3.05) is 13.2 Å². The van der Waals surface area contributed by atoms with Crippen molar-refractivity contribution in [3.63, 3.8) is 0 Å². The third kappa shape index (κ3) is 2.77. The number of para-hydroxylation sites is 1. The van der Waals surface area contributed by atoms with E-state index in [0.29, 0.717) is 23.6 Å². The number of amides is 1. The Morgan fingerprint density at radius 2 is 2.17 bits per heavy atom. The second-order valence-corrected chi connectivity index (χ2v) is 5.11. The summed E-state index contributed by atoms with van der Waals surface area (Å²) >= 11 is 0. The molecule has 3 rings (SSSR count). The van der Waals surface area contributed by atoms with Crippen LogP contribution in [-0.2, 0) is 11.2 Å². The minimum Gasteiger partial charge on any atom is -0.491 e. The van der Waals surface area contributed by atoms with Crippen LogP contribution < -0.4 is 4.74 Å². The zero-order chi connectivity index (χ0) is 16.4. The molecule has 0 bridgehead atoms. The number of aromatic nitrogens is 1. The number of carboxylic acids is 1. The lowest BCUT2D eigenvalue weighted by Crippen LogP contribution is -2.40. The Hall–Kier alpha value is -2.83. The summed E-state index contributed by atoms with van der Waals surface area (Å²) < 4.78 is 10.8. The van der Waals surface area contributed by atoms with E-state index in [1.807, 2.05) is 6.92 Å². The summed E-state index contributed by atoms with van der Waals surface area (Å²) in [5.41, 5.74) is 0.553. The number of carbonyl (C=O) groups excluding carboxylic acids is 1. The summed E-state index contributed by atoms with van der Waals surface area (Å²) in [6, 6.07) is 5.71. The van der Waals surface area contributed by atoms with Crippen LogP contribution in [0, 0.1) is 0 Å². The predicted molar refractivity (Wildman–Crippen MR) is 79.2 cm³/mol. The van der Waals surface area contributed by atoms with Gasteiger partial charge in [0.05, 0.1) is 6.54 Å². The van der Waals surface area contributed by atoms with Crippen LogP contribution in [0.3, 0.4) is 0 Å². The molecule has 0 aliphatic carbocycles. The second kappa shape index (κ2) is 6.12. The molecule has 1 aliphatic heterocycles. The van der Waals surface area contributed by atoms with E-state index in [1.54, 1.807) is 24.3 Å². The number of nitrogens with zero attached hydrogens (tertiary/aromatic N) is 2. The van der Waals surface area contributed by atoms with Crippen LogP contribution >= 0.6 is 0 Å². The van der Waals surface area contributed by atoms with E-state index in [0.717, 1.165) is 0 Å². The van der Waals surface area contributed by atoms with Crippen molar-refractivity contribution >= 4 is 11.9 Å². The highest BCUT2D eigenvalue weighted by Crippen LogP contribution is 2.32. The Balaban J connectivity index is 2.00. The Labute approximate surface area is 132 Å². The van der Waals surface area contributed by atoms with Crippen LogP contribution in [0.1, 0.15) is 34.9 Å². The lowest BCUT2D eigenvalue weighted by atomic mass is 10.0. The van der Waals surface area contributed by atoms with Gasteiger partial charge in [-0.15, -0.1) is 0 Å². The van der Waals surface area contributed by atoms with Crippen LogP contribution in [0.5, 0.6) is 5.75 Å². The van der Waals surface area contributed by atoms with Crippen molar-refractivity contribution in [1.29, 1.82) is 0 Å². The maximum atomic E-state index is 12.7. The smallest absolute Gasteiger partial charge is 0.331 e. The molecule has 0 fully saturated rings. The van der Waals surface area contributed by atoms with Crippen molar-refractivity contribution in [1.82, 2.24) is 9.88 Å². The minimum atomic E-state index is -1.12. The third-order valence-electron chi connectivity index (χ3n) is 3.68. The first-order valence-electron chi connectivity index (χ1n) is 7.31. The lowest BCUT2D eigenvalue weighted by Gasteiger charge is -2.25. The molecule has 2 heterocycles. The third-order valence-corrected chi connectivity index (χ3v) is 3.68. The monoisotopic (exact) mass is 316 g/mol. The Morgan fingerprint density at radius 1 is 1.39 bits per heavy atom. The van der Waals surface area contributed by atoms with Gasteiger partial charge in [0.25, 0.3) is 5.91 Å². The molecule has 7 nitrogen and oxygen atoms in total. The first-order valence-corrected chi connectivity index (χ1v) is 7.31. The molecule has 23 heavy (non-hydrogen) atoms. The Bertz CT molecular complexity index is 740. The number of rotatable bonds is 3. The van der Waals surface area contributed by atoms with Crippen molar-refractivity contribution in [3.05, 3.63) is 47.7 Å². The van der Waals surface area contributed by atoms with Gasteiger partial charge in [0.1, 0.15) is 18.6 Å². The van der Waals surface area contributed by atoms with E-state index in [4.69, 9.17) is 9.15 Å². The summed E-state index contributed by atoms with van der Waals surface area (Å²) in [6.45, 7) is 2.22. The highest BCUT2D eigenvalue weighted by molar-refractivity contribution is 5.95. The van der Waals surface area contributed by atoms with Crippen LogP contribution in [-0.4, -0.2) is 40.0 Å². The number of hydrogen-bond donors (Lipinski definition) is 1. The molecule has 0 saturated heterocycles. The number of oxazole rings is 1. The van der Waals surface area contributed by atoms with Gasteiger partial charge in [-0.05, 0) is 6.07 Å². The Morgan fingerprint density at radius 3 is 2.87 bits per heavy atom. The van der Waals surface area contributed by atoms with Gasteiger partial charge in [-0.25, -0.2) is 9.78 Å². The first-order chi connectivity index (χ1) is 11.1. The molecule has 0 saturated carbocycles. The van der Waals surface area contributed by atoms with Gasteiger partial charge in [-0.1, -0.05) is 25.1 Å². The van der Waals surface area contributed by atoms with Crippen molar-refractivity contribution in [3.8, 4) is 5.75 Å². The molecule has 0 radical (unpaired) electrons. The quantitative estimate of drug-likeness (QED) is 0.929. The standard InChI is InChI=1S/C16H16N2O5/c1-2-13-17-11(9-23-13)15(19)18-7-8-22-12-6-4-3-5-10(12)14(18)16(20)21/h3-6,9,14H,2,7-8H2,1H3,(H,20,21). The molecule has 1 aromatic carbocycles. The Kier molecular flexibility index (Phi) is 4.01. The van der Waals surface area contributed by atoms with Crippen LogP contribution in [0.2, 0.25) is 0 Å². The molecular formula is C16H16N2O5. The lowest BCUT2D eigenvalue weighted by molar-refractivity contribution is -0.142. The topological polar surface area (TPSA) is 92.9 Å². The molecule has 1 aliphatic rings. The van der Waals surface area contributed by atoms with E-state index in [9.17, 15) is 14.7 Å². The number of aryl methyl sites for hydroxylation is 1. The highest BCUT2D eigenvalue weighted by atomic mass is 16.5. The maximum Gasteiger partial charge on any atom is 0.331 e. The van der Waals surface area contributed by atoms with Gasteiger partial charge >= 0.3 is 5.97 Å². The number of benzene rings is 1. The molecule has 0 spiro atoms. The number of aliphatic carboxylic acids is 1. The van der Waals surface area contributed by atoms with Crippen molar-refractivity contribution in [2.45, 2.75) is 19.4 Å². The number of fused-ring (bicyclic) bond motifs is 1. The van der Waals surface area contributed by atoms with E-state index < -0.39 is 17.9 Å². The summed E-state index contributed by atoms with van der Waals surface area (Å²) in [5.74, 6) is -0.687. The molecule has 7 heteroatoms. The largest absolute Gasteiger partial charge is 0.491 e. The normalized spacial score (nSPS) is 17.1. The maximum absolute atomic E-state index is 12.7. The molecule has 1 aromatic heterocycles. The van der Waals surface area contributed by atoms with Crippen LogP contribution in [0.15, 0.2) is 34.9 Å². The van der Waals surface area contributed by atoms with Gasteiger partial charge < -0.3 is 19.2 Å². The average molecular weight is 316 g/mol. The number of carboxylic acid groups (broad SMARTS) is 1. The van der Waals surface area contributed by atoms with E-state index >= 15 is 0 Å². The summed E-state index contributed by atoms with van der Waals surface area (Å²) in [7, 11) is 0. The fraction of sp³-hybridized carbons (Fsp3) is 0.312. The van der Waals surface area contributed by atoms with Gasteiger partial charge in [-0.2, -0.15) is 0 Å². The molecule has 1 unspecified atom stereocenters. The number of hydrogen-bond acceptors (Lipinski definition) is 5. The molecule has 2 aromatic rings. The summed E-state index contributed by atoms with van der Waals surface area (Å²) in [5, 5.41) is 9.63. The van der Waals surface area contributed by atoms with Crippen LogP contribution in [0.25, 0.3) is 0 Å². The van der Waals surface area contributed by atoms with Crippen LogP contribution in [0.4, 0.5) is 0 Å². The fourth-order valence-corrected chi connectivity index (χ4v) is 2.59. The van der Waals surface area contributed by atoms with Gasteiger partial charge in [0.2, 0.25) is 0 Å². The summed E-state index contributed by atoms with van der Waals surface area (Å²) in [4.78, 5) is 29.8. The number of carbonyl (C=O) groups is 2. The predicted octanol–water partition coefficient (Wildman–Crippen LogP) is 1.90. The van der Waals surface area contributed by atoms with E-state index in [-0.39, 0.29) is 18.8 Å². The fourth-order valence-electron chi connectivity index (χ4n) is 2.59. The first kappa shape index (κ1) is 15.1. The highest BCUT2D eigenvalue weighted by Gasteiger charge is 2.36. The average Bonchev–Trinajstić information content (AvgIpc) is 2.94. The number of ether oxygens (including phenoxy) is 1. The van der Waals surface area contributed by atoms with Gasteiger partial charge in [0.15, 0.2) is 17.6 Å². The molecule has 1 amide bonds. The van der Waals surface area contributed by atoms with Gasteiger partial charge in [-0.3, -0.25) is 4.79 Å². The van der Waals surface area contributed by atoms with Gasteiger partial charge in [0, 0.05) is 12.0 Å². The van der Waals surface area contributed by atoms with E-state index in [1.165, 1.54) is 11.2 Å².